The SMILES string of the molecule is CC(C)CN(CCC(=O)O)C(=O)c1cc(N2CCNC2=O)ccc1Cl. The lowest BCUT2D eigenvalue weighted by Crippen LogP contribution is -2.36. The van der Waals surface area contributed by atoms with Gasteiger partial charge in [-0.2, -0.15) is 0 Å². The molecule has 8 heteroatoms. The van der Waals surface area contributed by atoms with Crippen LogP contribution in [0.1, 0.15) is 30.6 Å². The number of carboxylic acid groups (broad SMARTS) is 1. The fraction of sp³-hybridized carbons (Fsp3) is 0.471. The van der Waals surface area contributed by atoms with Crippen molar-refractivity contribution in [3.8, 4) is 0 Å². The number of nitrogens with zero attached hydrogens (tertiary/aromatic N) is 2. The van der Waals surface area contributed by atoms with Crippen molar-refractivity contribution < 1.29 is 19.5 Å². The molecule has 2 N–H and O–H groups in total. The average molecular weight is 368 g/mol. The summed E-state index contributed by atoms with van der Waals surface area (Å²) in [6, 6.07) is 4.64. The van der Waals surface area contributed by atoms with Gasteiger partial charge in [0.15, 0.2) is 0 Å². The first-order valence-corrected chi connectivity index (χ1v) is 8.53. The van der Waals surface area contributed by atoms with E-state index in [2.05, 4.69) is 5.32 Å². The van der Waals surface area contributed by atoms with Crippen molar-refractivity contribution >= 4 is 35.2 Å². The van der Waals surface area contributed by atoms with Crippen LogP contribution in [0.2, 0.25) is 5.02 Å². The fourth-order valence-electron chi connectivity index (χ4n) is 2.68. The molecule has 0 unspecified atom stereocenters. The Morgan fingerprint density at radius 2 is 2.12 bits per heavy atom. The molecule has 0 saturated carbocycles. The van der Waals surface area contributed by atoms with E-state index in [9.17, 15) is 14.4 Å². The van der Waals surface area contributed by atoms with Crippen molar-refractivity contribution in [2.45, 2.75) is 20.3 Å². The molecule has 1 aliphatic heterocycles. The van der Waals surface area contributed by atoms with E-state index in [1.165, 1.54) is 9.80 Å². The lowest BCUT2D eigenvalue weighted by atomic mass is 10.1. The van der Waals surface area contributed by atoms with Crippen LogP contribution < -0.4 is 10.2 Å². The van der Waals surface area contributed by atoms with Gasteiger partial charge in [0.1, 0.15) is 0 Å². The van der Waals surface area contributed by atoms with Crippen LogP contribution in [-0.4, -0.2) is 54.1 Å². The second kappa shape index (κ2) is 8.20. The summed E-state index contributed by atoms with van der Waals surface area (Å²) in [6.45, 7) is 5.50. The molecule has 0 aromatic heterocycles. The first-order valence-electron chi connectivity index (χ1n) is 8.15. The number of carbonyl (C=O) groups is 3. The van der Waals surface area contributed by atoms with Crippen LogP contribution in [-0.2, 0) is 4.79 Å². The van der Waals surface area contributed by atoms with Crippen LogP contribution in [0, 0.1) is 5.92 Å². The highest BCUT2D eigenvalue weighted by Gasteiger charge is 2.25. The third-order valence-corrected chi connectivity index (χ3v) is 4.15. The molecule has 0 bridgehead atoms. The Hall–Kier alpha value is -2.28. The second-order valence-electron chi connectivity index (χ2n) is 6.34. The van der Waals surface area contributed by atoms with Gasteiger partial charge in [-0.3, -0.25) is 14.5 Å². The molecule has 1 saturated heterocycles. The highest BCUT2D eigenvalue weighted by atomic mass is 35.5. The lowest BCUT2D eigenvalue weighted by molar-refractivity contribution is -0.137. The molecule has 1 aromatic carbocycles. The van der Waals surface area contributed by atoms with Crippen LogP contribution in [0.4, 0.5) is 10.5 Å². The summed E-state index contributed by atoms with van der Waals surface area (Å²) in [6.07, 6.45) is -0.135. The summed E-state index contributed by atoms with van der Waals surface area (Å²) in [5.74, 6) is -1.11. The van der Waals surface area contributed by atoms with E-state index in [0.29, 0.717) is 25.3 Å². The van der Waals surface area contributed by atoms with Crippen LogP contribution in [0.15, 0.2) is 18.2 Å². The maximum Gasteiger partial charge on any atom is 0.321 e. The fourth-order valence-corrected chi connectivity index (χ4v) is 2.88. The number of anilines is 1. The monoisotopic (exact) mass is 367 g/mol. The predicted octanol–water partition coefficient (Wildman–Crippen LogP) is 2.44. The minimum Gasteiger partial charge on any atom is -0.481 e. The van der Waals surface area contributed by atoms with E-state index in [1.54, 1.807) is 18.2 Å². The van der Waals surface area contributed by atoms with Crippen LogP contribution in [0.25, 0.3) is 0 Å². The topological polar surface area (TPSA) is 90.0 Å². The highest BCUT2D eigenvalue weighted by molar-refractivity contribution is 6.34. The molecule has 136 valence electrons. The van der Waals surface area contributed by atoms with Crippen molar-refractivity contribution in [2.24, 2.45) is 5.92 Å². The van der Waals surface area contributed by atoms with E-state index >= 15 is 0 Å². The van der Waals surface area contributed by atoms with E-state index in [0.717, 1.165) is 0 Å². The van der Waals surface area contributed by atoms with E-state index < -0.39 is 5.97 Å². The van der Waals surface area contributed by atoms with Gasteiger partial charge in [-0.05, 0) is 24.1 Å². The van der Waals surface area contributed by atoms with Crippen molar-refractivity contribution in [3.05, 3.63) is 28.8 Å². The Labute approximate surface area is 151 Å². The Morgan fingerprint density at radius 1 is 1.40 bits per heavy atom. The normalized spacial score (nSPS) is 13.9. The molecule has 0 atom stereocenters. The third kappa shape index (κ3) is 4.85. The van der Waals surface area contributed by atoms with Gasteiger partial charge in [-0.25, -0.2) is 4.79 Å². The molecular weight excluding hydrogens is 346 g/mol. The van der Waals surface area contributed by atoms with Crippen LogP contribution in [0.3, 0.4) is 0 Å². The molecule has 0 spiro atoms. The van der Waals surface area contributed by atoms with Gasteiger partial charge >= 0.3 is 12.0 Å². The molecule has 25 heavy (non-hydrogen) atoms. The number of urea groups is 1. The highest BCUT2D eigenvalue weighted by Crippen LogP contribution is 2.26. The summed E-state index contributed by atoms with van der Waals surface area (Å²) >= 11 is 6.19. The minimum absolute atomic E-state index is 0.108. The summed E-state index contributed by atoms with van der Waals surface area (Å²) in [5, 5.41) is 11.9. The Kier molecular flexibility index (Phi) is 6.25. The summed E-state index contributed by atoms with van der Waals surface area (Å²) in [5.41, 5.74) is 0.857. The number of rotatable bonds is 7. The number of hydrogen-bond acceptors (Lipinski definition) is 3. The number of aliphatic carboxylic acids is 1. The molecular formula is C17H22ClN3O4. The summed E-state index contributed by atoms with van der Waals surface area (Å²) < 4.78 is 0. The molecule has 1 aliphatic rings. The van der Waals surface area contributed by atoms with E-state index in [4.69, 9.17) is 16.7 Å². The molecule has 0 radical (unpaired) electrons. The number of halogens is 1. The maximum atomic E-state index is 12.9. The number of nitrogens with one attached hydrogen (secondary N) is 1. The predicted molar refractivity (Wildman–Crippen MR) is 95.2 cm³/mol. The molecule has 3 amide bonds. The zero-order valence-corrected chi connectivity index (χ0v) is 15.0. The Balaban J connectivity index is 2.27. The van der Waals surface area contributed by atoms with Gasteiger partial charge in [0.05, 0.1) is 17.0 Å². The molecule has 1 fully saturated rings. The van der Waals surface area contributed by atoms with Gasteiger partial charge < -0.3 is 15.3 Å². The van der Waals surface area contributed by atoms with E-state index in [1.807, 2.05) is 13.8 Å². The first kappa shape index (κ1) is 19.1. The Bertz CT molecular complexity index is 678. The number of hydrogen-bond donors (Lipinski definition) is 2. The second-order valence-corrected chi connectivity index (χ2v) is 6.74. The number of amides is 3. The van der Waals surface area contributed by atoms with Gasteiger partial charge in [-0.15, -0.1) is 0 Å². The van der Waals surface area contributed by atoms with Gasteiger partial charge in [0, 0.05) is 31.9 Å². The quantitative estimate of drug-likeness (QED) is 0.774. The zero-order chi connectivity index (χ0) is 18.6. The van der Waals surface area contributed by atoms with Gasteiger partial charge in [0.2, 0.25) is 0 Å². The van der Waals surface area contributed by atoms with E-state index in [-0.39, 0.29) is 41.4 Å². The summed E-state index contributed by atoms with van der Waals surface area (Å²) in [4.78, 5) is 38.6. The lowest BCUT2D eigenvalue weighted by Gasteiger charge is -2.25. The maximum absolute atomic E-state index is 12.9. The summed E-state index contributed by atoms with van der Waals surface area (Å²) in [7, 11) is 0. The van der Waals surface area contributed by atoms with Crippen molar-refractivity contribution in [1.82, 2.24) is 10.2 Å². The molecule has 0 aliphatic carbocycles. The average Bonchev–Trinajstić information content (AvgIpc) is 2.97. The standard InChI is InChI=1S/C17H22ClN3O4/c1-11(2)10-20(7-5-15(22)23)16(24)13-9-12(3-4-14(13)18)21-8-6-19-17(21)25/h3-4,9,11H,5-8,10H2,1-2H3,(H,19,25)(H,22,23). The number of carbonyl (C=O) groups excluding carboxylic acids is 2. The van der Waals surface area contributed by atoms with Crippen molar-refractivity contribution in [3.63, 3.8) is 0 Å². The minimum atomic E-state index is -0.963. The molecule has 2 rings (SSSR count). The third-order valence-electron chi connectivity index (χ3n) is 3.82. The van der Waals surface area contributed by atoms with Gasteiger partial charge in [0.25, 0.3) is 5.91 Å². The van der Waals surface area contributed by atoms with Gasteiger partial charge in [-0.1, -0.05) is 25.4 Å². The molecule has 1 heterocycles. The largest absolute Gasteiger partial charge is 0.481 e. The van der Waals surface area contributed by atoms with Crippen molar-refractivity contribution in [1.29, 1.82) is 0 Å². The number of carboxylic acids is 1. The van der Waals surface area contributed by atoms with Crippen LogP contribution >= 0.6 is 11.6 Å². The van der Waals surface area contributed by atoms with Crippen molar-refractivity contribution in [2.75, 3.05) is 31.1 Å². The Morgan fingerprint density at radius 3 is 2.68 bits per heavy atom. The number of benzene rings is 1. The molecule has 7 nitrogen and oxygen atoms in total. The molecule has 1 aromatic rings. The smallest absolute Gasteiger partial charge is 0.321 e. The zero-order valence-electron chi connectivity index (χ0n) is 14.3. The first-order chi connectivity index (χ1) is 11.8. The van der Waals surface area contributed by atoms with Crippen LogP contribution in [0.5, 0.6) is 0 Å².